The molecule has 0 bridgehead atoms. The average molecular weight is 308 g/mol. The Kier molecular flexibility index (Phi) is 6.78. The molecule has 1 aromatic carbocycles. The van der Waals surface area contributed by atoms with E-state index in [1.54, 1.807) is 0 Å². The van der Waals surface area contributed by atoms with Gasteiger partial charge in [-0.2, -0.15) is 11.8 Å². The molecule has 1 aromatic rings. The molecule has 0 radical (unpaired) electrons. The second kappa shape index (κ2) is 7.59. The minimum absolute atomic E-state index is 0.612. The van der Waals surface area contributed by atoms with Gasteiger partial charge in [-0.15, -0.1) is 0 Å². The fourth-order valence-electron chi connectivity index (χ4n) is 1.44. The minimum Gasteiger partial charge on any atom is -0.162 e. The normalized spacial score (nSPS) is 12.7. The van der Waals surface area contributed by atoms with Crippen LogP contribution in [0, 0.1) is 0 Å². The number of benzene rings is 1. The first-order valence-electron chi connectivity index (χ1n) is 5.17. The molecule has 0 nitrogen and oxygen atoms in total. The number of hydrogen-bond donors (Lipinski definition) is 0. The van der Waals surface area contributed by atoms with Crippen LogP contribution < -0.4 is 0 Å². The van der Waals surface area contributed by atoms with Gasteiger partial charge in [-0.25, -0.2) is 0 Å². The second-order valence-electron chi connectivity index (χ2n) is 3.39. The average Bonchev–Trinajstić information content (AvgIpc) is 2.26. The molecular weight excluding hydrogens is 292 g/mol. The Morgan fingerprint density at radius 3 is 2.53 bits per heavy atom. The predicted molar refractivity (Wildman–Crippen MR) is 75.6 cm³/mol. The molecule has 0 aliphatic rings. The van der Waals surface area contributed by atoms with Gasteiger partial charge in [0, 0.05) is 10.4 Å². The third-order valence-corrected chi connectivity index (χ3v) is 4.31. The number of alkyl halides is 1. The van der Waals surface area contributed by atoms with Gasteiger partial charge in [-0.3, -0.25) is 0 Å². The zero-order chi connectivity index (χ0) is 11.1. The van der Waals surface area contributed by atoms with E-state index in [0.29, 0.717) is 5.92 Å². The minimum atomic E-state index is 0.612. The van der Waals surface area contributed by atoms with Crippen LogP contribution in [0.5, 0.6) is 0 Å². The van der Waals surface area contributed by atoms with E-state index in [0.717, 1.165) is 10.4 Å². The maximum Gasteiger partial charge on any atom is 0.0406 e. The summed E-state index contributed by atoms with van der Waals surface area (Å²) in [7, 11) is 0. The van der Waals surface area contributed by atoms with Crippen molar-refractivity contribution in [3.63, 3.8) is 0 Å². The maximum absolute atomic E-state index is 5.87. The summed E-state index contributed by atoms with van der Waals surface area (Å²) in [6.45, 7) is 2.20. The van der Waals surface area contributed by atoms with Crippen LogP contribution in [0.3, 0.4) is 0 Å². The summed E-state index contributed by atoms with van der Waals surface area (Å²) in [6.07, 6.45) is 1.23. The van der Waals surface area contributed by atoms with E-state index >= 15 is 0 Å². The Morgan fingerprint density at radius 2 is 2.00 bits per heavy atom. The molecule has 0 amide bonds. The third kappa shape index (κ3) is 4.80. The first-order chi connectivity index (χ1) is 7.27. The van der Waals surface area contributed by atoms with Crippen molar-refractivity contribution in [2.24, 2.45) is 0 Å². The van der Waals surface area contributed by atoms with Crippen LogP contribution in [0.25, 0.3) is 0 Å². The molecule has 1 rings (SSSR count). The monoisotopic (exact) mass is 306 g/mol. The lowest BCUT2D eigenvalue weighted by molar-refractivity contribution is 0.757. The summed E-state index contributed by atoms with van der Waals surface area (Å²) in [4.78, 5) is 0. The molecule has 0 spiro atoms. The second-order valence-corrected chi connectivity index (χ2v) is 5.87. The highest BCUT2D eigenvalue weighted by molar-refractivity contribution is 9.09. The van der Waals surface area contributed by atoms with E-state index < -0.39 is 0 Å². The van der Waals surface area contributed by atoms with Crippen molar-refractivity contribution in [2.75, 3.05) is 16.8 Å². The summed E-state index contributed by atoms with van der Waals surface area (Å²) < 4.78 is 0. The highest BCUT2D eigenvalue weighted by Gasteiger charge is 2.09. The van der Waals surface area contributed by atoms with Gasteiger partial charge in [-0.05, 0) is 41.5 Å². The lowest BCUT2D eigenvalue weighted by atomic mass is 9.99. The predicted octanol–water partition coefficient (Wildman–Crippen LogP) is 4.96. The van der Waals surface area contributed by atoms with Crippen molar-refractivity contribution in [3.05, 3.63) is 34.9 Å². The molecule has 0 aliphatic carbocycles. The fourth-order valence-corrected chi connectivity index (χ4v) is 3.00. The standard InChI is InChI=1S/C12H16BrClS/c1-2-15-8-7-11(9-13)10-3-5-12(14)6-4-10/h3-6,11H,2,7-9H2,1H3. The zero-order valence-corrected chi connectivity index (χ0v) is 12.0. The quantitative estimate of drug-likeness (QED) is 0.528. The van der Waals surface area contributed by atoms with Crippen LogP contribution in [0.1, 0.15) is 24.8 Å². The van der Waals surface area contributed by atoms with Gasteiger partial charge < -0.3 is 0 Å². The van der Waals surface area contributed by atoms with Crippen molar-refractivity contribution < 1.29 is 0 Å². The van der Waals surface area contributed by atoms with Crippen molar-refractivity contribution in [3.8, 4) is 0 Å². The number of rotatable bonds is 6. The lowest BCUT2D eigenvalue weighted by Gasteiger charge is -2.14. The van der Waals surface area contributed by atoms with Gasteiger partial charge >= 0.3 is 0 Å². The van der Waals surface area contributed by atoms with Crippen LogP contribution in [0.15, 0.2) is 24.3 Å². The van der Waals surface area contributed by atoms with Crippen molar-refractivity contribution in [1.29, 1.82) is 0 Å². The topological polar surface area (TPSA) is 0 Å². The van der Waals surface area contributed by atoms with Crippen molar-refractivity contribution in [2.45, 2.75) is 19.3 Å². The summed E-state index contributed by atoms with van der Waals surface area (Å²) in [5.41, 5.74) is 1.38. The third-order valence-electron chi connectivity index (χ3n) is 2.34. The molecule has 0 aliphatic heterocycles. The Morgan fingerprint density at radius 1 is 1.33 bits per heavy atom. The van der Waals surface area contributed by atoms with E-state index in [1.807, 2.05) is 23.9 Å². The molecule has 15 heavy (non-hydrogen) atoms. The lowest BCUT2D eigenvalue weighted by Crippen LogP contribution is -2.01. The highest BCUT2D eigenvalue weighted by Crippen LogP contribution is 2.25. The van der Waals surface area contributed by atoms with Gasteiger partial charge in [0.15, 0.2) is 0 Å². The van der Waals surface area contributed by atoms with Crippen LogP contribution in [0.2, 0.25) is 5.02 Å². The molecular formula is C12H16BrClS. The molecule has 0 fully saturated rings. The smallest absolute Gasteiger partial charge is 0.0406 e. The van der Waals surface area contributed by atoms with Crippen LogP contribution in [-0.2, 0) is 0 Å². The SMILES string of the molecule is CCSCCC(CBr)c1ccc(Cl)cc1. The largest absolute Gasteiger partial charge is 0.162 e. The van der Waals surface area contributed by atoms with Gasteiger partial charge in [0.1, 0.15) is 0 Å². The summed E-state index contributed by atoms with van der Waals surface area (Å²) in [5.74, 6) is 3.05. The highest BCUT2D eigenvalue weighted by atomic mass is 79.9. The number of halogens is 2. The fraction of sp³-hybridized carbons (Fsp3) is 0.500. The van der Waals surface area contributed by atoms with Gasteiger partial charge in [0.25, 0.3) is 0 Å². The summed E-state index contributed by atoms with van der Waals surface area (Å²) in [6, 6.07) is 8.20. The Labute approximate surface area is 110 Å². The molecule has 0 saturated carbocycles. The van der Waals surface area contributed by atoms with E-state index in [4.69, 9.17) is 11.6 Å². The molecule has 1 unspecified atom stereocenters. The molecule has 0 heterocycles. The van der Waals surface area contributed by atoms with Gasteiger partial charge in [0.05, 0.1) is 0 Å². The Hall–Kier alpha value is 0.340. The summed E-state index contributed by atoms with van der Waals surface area (Å²) in [5, 5.41) is 1.84. The van der Waals surface area contributed by atoms with Crippen molar-refractivity contribution >= 4 is 39.3 Å². The Balaban J connectivity index is 2.53. The molecule has 0 N–H and O–H groups in total. The molecule has 3 heteroatoms. The van der Waals surface area contributed by atoms with Crippen molar-refractivity contribution in [1.82, 2.24) is 0 Å². The van der Waals surface area contributed by atoms with E-state index in [-0.39, 0.29) is 0 Å². The zero-order valence-electron chi connectivity index (χ0n) is 8.88. The number of hydrogen-bond acceptors (Lipinski definition) is 1. The molecule has 0 saturated heterocycles. The van der Waals surface area contributed by atoms with E-state index in [1.165, 1.54) is 23.5 Å². The molecule has 84 valence electrons. The summed E-state index contributed by atoms with van der Waals surface area (Å²) >= 11 is 11.5. The maximum atomic E-state index is 5.87. The molecule has 1 atom stereocenters. The molecule has 0 aromatic heterocycles. The number of thioether (sulfide) groups is 1. The van der Waals surface area contributed by atoms with Crippen LogP contribution >= 0.6 is 39.3 Å². The first kappa shape index (κ1) is 13.4. The van der Waals surface area contributed by atoms with Gasteiger partial charge in [-0.1, -0.05) is 46.6 Å². The Bertz CT molecular complexity index is 273. The van der Waals surface area contributed by atoms with Crippen LogP contribution in [-0.4, -0.2) is 16.8 Å². The van der Waals surface area contributed by atoms with E-state index in [9.17, 15) is 0 Å². The van der Waals surface area contributed by atoms with Gasteiger partial charge in [0.2, 0.25) is 0 Å². The van der Waals surface area contributed by atoms with Crippen LogP contribution in [0.4, 0.5) is 0 Å². The first-order valence-corrected chi connectivity index (χ1v) is 7.82. The van der Waals surface area contributed by atoms with E-state index in [2.05, 4.69) is 35.0 Å².